The van der Waals surface area contributed by atoms with Gasteiger partial charge in [-0.05, 0) is 66.1 Å². The molecule has 0 saturated carbocycles. The van der Waals surface area contributed by atoms with Crippen LogP contribution in [0, 0.1) is 11.3 Å². The van der Waals surface area contributed by atoms with Crippen LogP contribution in [0.2, 0.25) is 5.02 Å². The standard InChI is InChI=1S/C30H33ClN10O2/c1-21(19-41-20-35-37-38-41)43-29-14-22(2-3-23(29)16-32)24-17-33-30(34-18-24)36-28-15-26(4-5-27(28)31)39-8-6-25(7-9-39)40-10-12-42-13-11-40/h2-5,14-15,17-18,20-21,25H,6-13,19H2,1H3,(H,33,34,36)/t21-/m0/s1. The summed E-state index contributed by atoms with van der Waals surface area (Å²) in [7, 11) is 0. The quantitative estimate of drug-likeness (QED) is 0.297. The lowest BCUT2D eigenvalue weighted by atomic mass is 10.0. The van der Waals surface area contributed by atoms with Crippen molar-refractivity contribution in [2.45, 2.75) is 38.5 Å². The number of rotatable bonds is 9. The Morgan fingerprint density at radius 3 is 2.58 bits per heavy atom. The van der Waals surface area contributed by atoms with E-state index in [0.717, 1.165) is 74.7 Å². The molecule has 2 fully saturated rings. The number of benzene rings is 2. The van der Waals surface area contributed by atoms with E-state index in [2.05, 4.69) is 58.8 Å². The van der Waals surface area contributed by atoms with Crippen molar-refractivity contribution < 1.29 is 9.47 Å². The number of piperidine rings is 1. The van der Waals surface area contributed by atoms with Gasteiger partial charge >= 0.3 is 0 Å². The molecule has 4 heterocycles. The van der Waals surface area contributed by atoms with Crippen molar-refractivity contribution in [3.05, 3.63) is 65.7 Å². The number of hydrogen-bond acceptors (Lipinski definition) is 11. The van der Waals surface area contributed by atoms with E-state index < -0.39 is 0 Å². The number of halogens is 1. The molecule has 6 rings (SSSR count). The highest BCUT2D eigenvalue weighted by molar-refractivity contribution is 6.33. The van der Waals surface area contributed by atoms with Crippen LogP contribution in [0.1, 0.15) is 25.3 Å². The van der Waals surface area contributed by atoms with Gasteiger partial charge in [-0.2, -0.15) is 5.26 Å². The van der Waals surface area contributed by atoms with Gasteiger partial charge in [0.1, 0.15) is 24.3 Å². The molecule has 0 aliphatic carbocycles. The molecule has 0 bridgehead atoms. The minimum atomic E-state index is -0.259. The van der Waals surface area contributed by atoms with E-state index in [-0.39, 0.29) is 6.10 Å². The lowest BCUT2D eigenvalue weighted by Crippen LogP contribution is -2.49. The summed E-state index contributed by atoms with van der Waals surface area (Å²) in [5.74, 6) is 0.911. The second-order valence-corrected chi connectivity index (χ2v) is 11.1. The SMILES string of the molecule is C[C@@H](Cn1cnnn1)Oc1cc(-c2cnc(Nc3cc(N4CCC(N5CCOCC5)CC4)ccc3Cl)nc2)ccc1C#N. The Balaban J connectivity index is 1.10. The van der Waals surface area contributed by atoms with Gasteiger partial charge < -0.3 is 19.7 Å². The predicted molar refractivity (Wildman–Crippen MR) is 162 cm³/mol. The highest BCUT2D eigenvalue weighted by Crippen LogP contribution is 2.32. The summed E-state index contributed by atoms with van der Waals surface area (Å²) in [6.07, 6.45) is 7.00. The minimum absolute atomic E-state index is 0.259. The monoisotopic (exact) mass is 600 g/mol. The highest BCUT2D eigenvalue weighted by atomic mass is 35.5. The third-order valence-electron chi connectivity index (χ3n) is 7.84. The molecule has 12 nitrogen and oxygen atoms in total. The van der Waals surface area contributed by atoms with E-state index in [9.17, 15) is 5.26 Å². The van der Waals surface area contributed by atoms with Gasteiger partial charge in [0.05, 0.1) is 36.0 Å². The third-order valence-corrected chi connectivity index (χ3v) is 8.17. The topological polar surface area (TPSA) is 130 Å². The molecule has 222 valence electrons. The second-order valence-electron chi connectivity index (χ2n) is 10.7. The fraction of sp³-hybridized carbons (Fsp3) is 0.400. The Hall–Kier alpha value is -4.31. The normalized spacial score (nSPS) is 16.9. The maximum Gasteiger partial charge on any atom is 0.227 e. The number of anilines is 3. The van der Waals surface area contributed by atoms with Crippen LogP contribution in [0.25, 0.3) is 11.1 Å². The van der Waals surface area contributed by atoms with Gasteiger partial charge in [0.15, 0.2) is 0 Å². The second kappa shape index (κ2) is 13.3. The average molecular weight is 601 g/mol. The summed E-state index contributed by atoms with van der Waals surface area (Å²) < 4.78 is 13.2. The van der Waals surface area contributed by atoms with Crippen LogP contribution in [0.4, 0.5) is 17.3 Å². The summed E-state index contributed by atoms with van der Waals surface area (Å²) in [4.78, 5) is 14.1. The van der Waals surface area contributed by atoms with Gasteiger partial charge in [-0.25, -0.2) is 14.6 Å². The largest absolute Gasteiger partial charge is 0.487 e. The smallest absolute Gasteiger partial charge is 0.227 e. The van der Waals surface area contributed by atoms with Gasteiger partial charge in [-0.15, -0.1) is 5.10 Å². The van der Waals surface area contributed by atoms with Crippen molar-refractivity contribution in [2.75, 3.05) is 49.6 Å². The molecule has 4 aromatic rings. The maximum absolute atomic E-state index is 9.60. The number of tetrazole rings is 1. The van der Waals surface area contributed by atoms with Crippen LogP contribution < -0.4 is 15.0 Å². The van der Waals surface area contributed by atoms with Crippen molar-refractivity contribution in [1.82, 2.24) is 35.1 Å². The molecule has 2 aromatic carbocycles. The molecule has 1 atom stereocenters. The zero-order chi connectivity index (χ0) is 29.6. The van der Waals surface area contributed by atoms with Gasteiger partial charge in [-0.1, -0.05) is 17.7 Å². The summed E-state index contributed by atoms with van der Waals surface area (Å²) in [6.45, 7) is 8.07. The zero-order valence-corrected chi connectivity index (χ0v) is 24.7. The number of hydrogen-bond donors (Lipinski definition) is 1. The molecule has 2 aromatic heterocycles. The van der Waals surface area contributed by atoms with Crippen LogP contribution in [0.3, 0.4) is 0 Å². The summed E-state index contributed by atoms with van der Waals surface area (Å²) in [5.41, 5.74) is 3.94. The number of aromatic nitrogens is 6. The molecular formula is C30H33ClN10O2. The van der Waals surface area contributed by atoms with Crippen LogP contribution in [0.15, 0.2) is 55.1 Å². The molecule has 2 aliphatic heterocycles. The molecule has 2 saturated heterocycles. The van der Waals surface area contributed by atoms with Gasteiger partial charge in [0.25, 0.3) is 0 Å². The Bertz CT molecular complexity index is 1550. The van der Waals surface area contributed by atoms with E-state index in [1.54, 1.807) is 23.1 Å². The van der Waals surface area contributed by atoms with E-state index in [4.69, 9.17) is 21.1 Å². The molecule has 1 N–H and O–H groups in total. The Kier molecular flexibility index (Phi) is 8.93. The molecular weight excluding hydrogens is 568 g/mol. The molecule has 0 amide bonds. The first-order valence-corrected chi connectivity index (χ1v) is 14.8. The van der Waals surface area contributed by atoms with Crippen molar-refractivity contribution in [3.8, 4) is 22.9 Å². The fourth-order valence-corrected chi connectivity index (χ4v) is 5.74. The van der Waals surface area contributed by atoms with Gasteiger partial charge in [-0.3, -0.25) is 4.90 Å². The van der Waals surface area contributed by atoms with Crippen LogP contribution in [-0.4, -0.2) is 86.6 Å². The maximum atomic E-state index is 9.60. The zero-order valence-electron chi connectivity index (χ0n) is 23.9. The highest BCUT2D eigenvalue weighted by Gasteiger charge is 2.26. The molecule has 43 heavy (non-hydrogen) atoms. The van der Waals surface area contributed by atoms with E-state index in [1.807, 2.05) is 25.1 Å². The van der Waals surface area contributed by atoms with Gasteiger partial charge in [0.2, 0.25) is 5.95 Å². The predicted octanol–water partition coefficient (Wildman–Crippen LogP) is 4.17. The number of nitriles is 1. The van der Waals surface area contributed by atoms with Crippen LogP contribution in [0.5, 0.6) is 5.75 Å². The lowest BCUT2D eigenvalue weighted by molar-refractivity contribution is 0.0115. The minimum Gasteiger partial charge on any atom is -0.487 e. The van der Waals surface area contributed by atoms with E-state index in [0.29, 0.717) is 34.9 Å². The first-order chi connectivity index (χ1) is 21.1. The fourth-order valence-electron chi connectivity index (χ4n) is 5.57. The first kappa shape index (κ1) is 28.8. The van der Waals surface area contributed by atoms with Gasteiger partial charge in [0, 0.05) is 55.9 Å². The molecule has 0 spiro atoms. The third kappa shape index (κ3) is 7.02. The summed E-state index contributed by atoms with van der Waals surface area (Å²) in [6, 6.07) is 14.3. The van der Waals surface area contributed by atoms with Crippen molar-refractivity contribution in [2.24, 2.45) is 0 Å². The van der Waals surface area contributed by atoms with E-state index >= 15 is 0 Å². The first-order valence-electron chi connectivity index (χ1n) is 14.4. The number of ether oxygens (including phenoxy) is 2. The molecule has 2 aliphatic rings. The number of nitrogens with one attached hydrogen (secondary N) is 1. The molecule has 13 heteroatoms. The Morgan fingerprint density at radius 2 is 1.86 bits per heavy atom. The summed E-state index contributed by atoms with van der Waals surface area (Å²) >= 11 is 6.56. The molecule has 0 unspecified atom stereocenters. The lowest BCUT2D eigenvalue weighted by Gasteiger charge is -2.41. The van der Waals surface area contributed by atoms with Crippen LogP contribution >= 0.6 is 11.6 Å². The van der Waals surface area contributed by atoms with Crippen molar-refractivity contribution in [1.29, 1.82) is 5.26 Å². The molecule has 0 radical (unpaired) electrons. The summed E-state index contributed by atoms with van der Waals surface area (Å²) in [5, 5.41) is 24.6. The van der Waals surface area contributed by atoms with Crippen molar-refractivity contribution in [3.63, 3.8) is 0 Å². The van der Waals surface area contributed by atoms with E-state index in [1.165, 1.54) is 6.33 Å². The van der Waals surface area contributed by atoms with Crippen molar-refractivity contribution >= 4 is 28.9 Å². The Morgan fingerprint density at radius 1 is 1.07 bits per heavy atom. The number of morpholine rings is 1. The average Bonchev–Trinajstić information content (AvgIpc) is 3.56. The number of nitrogens with zero attached hydrogens (tertiary/aromatic N) is 9. The Labute approximate surface area is 255 Å². The van der Waals surface area contributed by atoms with Crippen LogP contribution in [-0.2, 0) is 11.3 Å².